The lowest BCUT2D eigenvalue weighted by atomic mass is 10.1. The van der Waals surface area contributed by atoms with Crippen LogP contribution in [0, 0.1) is 0 Å². The second-order valence-corrected chi connectivity index (χ2v) is 5.49. The highest BCUT2D eigenvalue weighted by molar-refractivity contribution is 4.78. The maximum Gasteiger partial charge on any atom is 0.0667 e. The monoisotopic (exact) mass is 255 g/mol. The van der Waals surface area contributed by atoms with E-state index in [1.807, 2.05) is 6.08 Å². The number of likely N-dealkylation sites (tertiary alicyclic amines) is 2. The molecule has 0 amide bonds. The van der Waals surface area contributed by atoms with Crippen LogP contribution in [0.15, 0.2) is 12.7 Å². The van der Waals surface area contributed by atoms with E-state index in [1.165, 1.54) is 25.9 Å². The first-order valence-electron chi connectivity index (χ1n) is 7.07. The lowest BCUT2D eigenvalue weighted by Crippen LogP contribution is -2.38. The van der Waals surface area contributed by atoms with E-state index in [2.05, 4.69) is 23.4 Å². The molecule has 106 valence electrons. The van der Waals surface area contributed by atoms with Gasteiger partial charge in [-0.25, -0.2) is 0 Å². The molecule has 4 nitrogen and oxygen atoms in total. The summed E-state index contributed by atoms with van der Waals surface area (Å²) in [6.45, 7) is 8.87. The Morgan fingerprint density at radius 3 is 2.44 bits per heavy atom. The highest BCUT2D eigenvalue weighted by Crippen LogP contribution is 2.08. The molecule has 0 aliphatic carbocycles. The molecule has 1 unspecified atom stereocenters. The van der Waals surface area contributed by atoms with Gasteiger partial charge in [0.15, 0.2) is 0 Å². The Morgan fingerprint density at radius 1 is 1.28 bits per heavy atom. The Bertz CT molecular complexity index is 217. The molecule has 4 heteroatoms. The van der Waals surface area contributed by atoms with Gasteiger partial charge in [0, 0.05) is 19.1 Å². The van der Waals surface area contributed by atoms with Gasteiger partial charge >= 0.3 is 0 Å². The predicted octanol–water partition coefficient (Wildman–Crippen LogP) is 0.668. The summed E-state index contributed by atoms with van der Waals surface area (Å²) in [7, 11) is 2.14. The highest BCUT2D eigenvalue weighted by atomic mass is 16.3. The standard InChI is InChI=1S/C8H15NO.C6H14N2/c1-2-5-9-6-3-4-8(10)7-9;1-8-4-2-6(7)3-5-8/h2,8,10H,1,3-7H2;6H,2-5,7H2,1H3. The fourth-order valence-electron chi connectivity index (χ4n) is 2.41. The van der Waals surface area contributed by atoms with Crippen LogP contribution in [0.25, 0.3) is 0 Å². The van der Waals surface area contributed by atoms with Crippen LogP contribution in [-0.4, -0.2) is 66.8 Å². The van der Waals surface area contributed by atoms with Gasteiger partial charge in [0.05, 0.1) is 6.10 Å². The Morgan fingerprint density at radius 2 is 1.94 bits per heavy atom. The number of hydrogen-bond acceptors (Lipinski definition) is 4. The summed E-state index contributed by atoms with van der Waals surface area (Å²) in [6, 6.07) is 0.478. The molecule has 1 atom stereocenters. The van der Waals surface area contributed by atoms with Crippen LogP contribution < -0.4 is 5.73 Å². The number of rotatable bonds is 2. The van der Waals surface area contributed by atoms with Crippen LogP contribution in [0.2, 0.25) is 0 Å². The smallest absolute Gasteiger partial charge is 0.0667 e. The van der Waals surface area contributed by atoms with Gasteiger partial charge in [-0.2, -0.15) is 0 Å². The van der Waals surface area contributed by atoms with Crippen molar-refractivity contribution in [1.29, 1.82) is 0 Å². The highest BCUT2D eigenvalue weighted by Gasteiger charge is 2.15. The van der Waals surface area contributed by atoms with E-state index in [0.29, 0.717) is 6.04 Å². The van der Waals surface area contributed by atoms with Gasteiger partial charge in [-0.15, -0.1) is 6.58 Å². The summed E-state index contributed by atoms with van der Waals surface area (Å²) in [5, 5.41) is 9.23. The lowest BCUT2D eigenvalue weighted by molar-refractivity contribution is 0.0771. The van der Waals surface area contributed by atoms with Gasteiger partial charge in [0.25, 0.3) is 0 Å². The average Bonchev–Trinajstić information content (AvgIpc) is 2.34. The van der Waals surface area contributed by atoms with E-state index < -0.39 is 0 Å². The maximum atomic E-state index is 9.23. The number of aliphatic hydroxyl groups excluding tert-OH is 1. The van der Waals surface area contributed by atoms with Crippen molar-refractivity contribution in [2.24, 2.45) is 5.73 Å². The number of aliphatic hydroxyl groups is 1. The first-order valence-corrected chi connectivity index (χ1v) is 7.07. The third kappa shape index (κ3) is 6.50. The number of hydrogen-bond donors (Lipinski definition) is 2. The van der Waals surface area contributed by atoms with E-state index in [-0.39, 0.29) is 6.10 Å². The summed E-state index contributed by atoms with van der Waals surface area (Å²) in [5.41, 5.74) is 5.67. The van der Waals surface area contributed by atoms with E-state index in [1.54, 1.807) is 0 Å². The quantitative estimate of drug-likeness (QED) is 0.712. The van der Waals surface area contributed by atoms with Crippen LogP contribution in [0.4, 0.5) is 0 Å². The fourth-order valence-corrected chi connectivity index (χ4v) is 2.41. The Labute approximate surface area is 111 Å². The average molecular weight is 255 g/mol. The van der Waals surface area contributed by atoms with Gasteiger partial charge in [0.1, 0.15) is 0 Å². The summed E-state index contributed by atoms with van der Waals surface area (Å²) in [6.07, 6.45) is 6.22. The van der Waals surface area contributed by atoms with Crippen LogP contribution in [0.3, 0.4) is 0 Å². The first-order chi connectivity index (χ1) is 8.61. The molecule has 2 saturated heterocycles. The largest absolute Gasteiger partial charge is 0.392 e. The van der Waals surface area contributed by atoms with Crippen LogP contribution in [-0.2, 0) is 0 Å². The molecule has 2 heterocycles. The number of nitrogens with zero attached hydrogens (tertiary/aromatic N) is 2. The van der Waals surface area contributed by atoms with Crippen LogP contribution in [0.5, 0.6) is 0 Å². The van der Waals surface area contributed by atoms with Gasteiger partial charge < -0.3 is 15.7 Å². The molecule has 18 heavy (non-hydrogen) atoms. The molecule has 0 spiro atoms. The van der Waals surface area contributed by atoms with Gasteiger partial charge in [-0.05, 0) is 52.4 Å². The zero-order chi connectivity index (χ0) is 13.4. The Balaban J connectivity index is 0.000000184. The molecule has 2 rings (SSSR count). The molecule has 0 aromatic carbocycles. The van der Waals surface area contributed by atoms with E-state index in [9.17, 15) is 5.11 Å². The minimum absolute atomic E-state index is 0.103. The molecule has 3 N–H and O–H groups in total. The van der Waals surface area contributed by atoms with Crippen LogP contribution >= 0.6 is 0 Å². The molecule has 0 radical (unpaired) electrons. The molecule has 2 aliphatic heterocycles. The summed E-state index contributed by atoms with van der Waals surface area (Å²) in [5.74, 6) is 0. The minimum atomic E-state index is -0.103. The lowest BCUT2D eigenvalue weighted by Gasteiger charge is -2.28. The van der Waals surface area contributed by atoms with Crippen molar-refractivity contribution in [3.05, 3.63) is 12.7 Å². The molecular formula is C14H29N3O. The summed E-state index contributed by atoms with van der Waals surface area (Å²) in [4.78, 5) is 4.55. The molecule has 0 aromatic heterocycles. The fraction of sp³-hybridized carbons (Fsp3) is 0.857. The number of β-amino-alcohol motifs (C(OH)–C–C–N with tert-alkyl or cyclic N) is 1. The maximum absolute atomic E-state index is 9.23. The third-order valence-electron chi connectivity index (χ3n) is 3.63. The zero-order valence-electron chi connectivity index (χ0n) is 11.7. The third-order valence-corrected chi connectivity index (χ3v) is 3.63. The van der Waals surface area contributed by atoms with Crippen molar-refractivity contribution in [2.45, 2.75) is 37.8 Å². The van der Waals surface area contributed by atoms with Crippen molar-refractivity contribution >= 4 is 0 Å². The molecule has 2 aliphatic rings. The second kappa shape index (κ2) is 8.64. The van der Waals surface area contributed by atoms with Crippen molar-refractivity contribution in [3.63, 3.8) is 0 Å². The molecule has 2 fully saturated rings. The van der Waals surface area contributed by atoms with Crippen LogP contribution in [0.1, 0.15) is 25.7 Å². The predicted molar refractivity (Wildman–Crippen MR) is 76.6 cm³/mol. The van der Waals surface area contributed by atoms with Gasteiger partial charge in [-0.1, -0.05) is 6.08 Å². The Kier molecular flexibility index (Phi) is 7.51. The topological polar surface area (TPSA) is 52.7 Å². The van der Waals surface area contributed by atoms with Crippen molar-refractivity contribution in [1.82, 2.24) is 9.80 Å². The molecule has 0 bridgehead atoms. The molecule has 0 saturated carbocycles. The van der Waals surface area contributed by atoms with Crippen molar-refractivity contribution in [2.75, 3.05) is 39.8 Å². The summed E-state index contributed by atoms with van der Waals surface area (Å²) >= 11 is 0. The first kappa shape index (κ1) is 15.6. The Hall–Kier alpha value is -0.420. The molecular weight excluding hydrogens is 226 g/mol. The van der Waals surface area contributed by atoms with Gasteiger partial charge in [-0.3, -0.25) is 4.90 Å². The number of nitrogens with two attached hydrogens (primary N) is 1. The summed E-state index contributed by atoms with van der Waals surface area (Å²) < 4.78 is 0. The zero-order valence-corrected chi connectivity index (χ0v) is 11.7. The van der Waals surface area contributed by atoms with E-state index in [4.69, 9.17) is 5.73 Å². The van der Waals surface area contributed by atoms with Gasteiger partial charge in [0.2, 0.25) is 0 Å². The normalized spacial score (nSPS) is 27.4. The van der Waals surface area contributed by atoms with Crippen molar-refractivity contribution < 1.29 is 5.11 Å². The minimum Gasteiger partial charge on any atom is -0.392 e. The molecule has 0 aromatic rings. The number of piperidine rings is 2. The van der Waals surface area contributed by atoms with E-state index >= 15 is 0 Å². The second-order valence-electron chi connectivity index (χ2n) is 5.49. The van der Waals surface area contributed by atoms with E-state index in [0.717, 1.165) is 32.5 Å². The SMILES string of the molecule is C=CCN1CCCC(O)C1.CN1CCC(N)CC1. The van der Waals surface area contributed by atoms with Crippen molar-refractivity contribution in [3.8, 4) is 0 Å².